The van der Waals surface area contributed by atoms with Crippen molar-refractivity contribution in [1.82, 2.24) is 19.5 Å². The third kappa shape index (κ3) is 5.87. The molecule has 4 aromatic rings. The minimum atomic E-state index is -0.178. The number of hydrogen-bond donors (Lipinski definition) is 0. The van der Waals surface area contributed by atoms with Crippen LogP contribution in [0.1, 0.15) is 35.1 Å². The number of hydrogen-bond acceptors (Lipinski definition) is 7. The van der Waals surface area contributed by atoms with Gasteiger partial charge in [-0.2, -0.15) is 0 Å². The van der Waals surface area contributed by atoms with Crippen LogP contribution in [0, 0.1) is 0 Å². The molecule has 0 spiro atoms. The molecule has 0 aliphatic carbocycles. The number of nitrogens with zero attached hydrogens (tertiary/aromatic N) is 5. The Balaban J connectivity index is 1.63. The van der Waals surface area contributed by atoms with Crippen molar-refractivity contribution in [2.45, 2.75) is 25.0 Å². The zero-order chi connectivity index (χ0) is 25.6. The molecular formula is C28H28ClN5O2S. The molecule has 0 N–H and O–H groups in total. The van der Waals surface area contributed by atoms with Crippen LogP contribution in [0.4, 0.5) is 5.82 Å². The first-order valence-corrected chi connectivity index (χ1v) is 13.7. The van der Waals surface area contributed by atoms with Crippen LogP contribution in [0.2, 0.25) is 5.02 Å². The number of allylic oxidation sites excluding steroid dienone is 1. The Hall–Kier alpha value is -3.20. The molecule has 1 fully saturated rings. The molecule has 5 rings (SSSR count). The number of ketones is 1. The molecule has 37 heavy (non-hydrogen) atoms. The van der Waals surface area contributed by atoms with Crippen LogP contribution in [0.15, 0.2) is 65.8 Å². The number of benzene rings is 2. The number of imidazole rings is 1. The van der Waals surface area contributed by atoms with E-state index in [1.54, 1.807) is 36.0 Å². The van der Waals surface area contributed by atoms with Gasteiger partial charge in [0.1, 0.15) is 5.82 Å². The zero-order valence-corrected chi connectivity index (χ0v) is 22.2. The fraction of sp³-hybridized carbons (Fsp3) is 0.286. The molecule has 9 heteroatoms. The third-order valence-corrected chi connectivity index (χ3v) is 7.42. The van der Waals surface area contributed by atoms with Crippen LogP contribution in [-0.2, 0) is 11.3 Å². The molecule has 0 atom stereocenters. The predicted molar refractivity (Wildman–Crippen MR) is 150 cm³/mol. The van der Waals surface area contributed by atoms with Gasteiger partial charge in [0.15, 0.2) is 27.9 Å². The highest BCUT2D eigenvalue weighted by Crippen LogP contribution is 2.30. The third-order valence-electron chi connectivity index (χ3n) is 6.04. The van der Waals surface area contributed by atoms with E-state index in [4.69, 9.17) is 31.3 Å². The van der Waals surface area contributed by atoms with E-state index in [1.165, 1.54) is 6.08 Å². The Morgan fingerprint density at radius 2 is 1.81 bits per heavy atom. The lowest BCUT2D eigenvalue weighted by atomic mass is 10.1. The predicted octanol–water partition coefficient (Wildman–Crippen LogP) is 5.76. The van der Waals surface area contributed by atoms with Crippen molar-refractivity contribution >= 4 is 52.2 Å². The monoisotopic (exact) mass is 533 g/mol. The van der Waals surface area contributed by atoms with Gasteiger partial charge in [0.2, 0.25) is 0 Å². The zero-order valence-electron chi connectivity index (χ0n) is 20.6. The van der Waals surface area contributed by atoms with Crippen molar-refractivity contribution in [3.63, 3.8) is 0 Å². The summed E-state index contributed by atoms with van der Waals surface area (Å²) in [4.78, 5) is 30.0. The highest BCUT2D eigenvalue weighted by molar-refractivity contribution is 7.99. The molecule has 0 saturated carbocycles. The van der Waals surface area contributed by atoms with Gasteiger partial charge in [-0.15, -0.1) is 0 Å². The molecule has 0 radical (unpaired) electrons. The lowest BCUT2D eigenvalue weighted by Gasteiger charge is -2.28. The van der Waals surface area contributed by atoms with E-state index in [9.17, 15) is 4.79 Å². The second-order valence-corrected chi connectivity index (χ2v) is 10.1. The molecule has 0 amide bonds. The SMILES string of the molecule is CCCSc1nc(N2CCOCC2)c2nc(/C=C/C(=O)c3ccccc3Cl)n(Cc3ccccc3)c2n1. The van der Waals surface area contributed by atoms with E-state index >= 15 is 0 Å². The largest absolute Gasteiger partial charge is 0.378 e. The Labute approximate surface area is 225 Å². The molecule has 7 nitrogen and oxygen atoms in total. The van der Waals surface area contributed by atoms with Crippen LogP contribution in [0.5, 0.6) is 0 Å². The molecule has 2 aromatic heterocycles. The summed E-state index contributed by atoms with van der Waals surface area (Å²) < 4.78 is 7.64. The fourth-order valence-electron chi connectivity index (χ4n) is 4.19. The number of morpholine rings is 1. The minimum Gasteiger partial charge on any atom is -0.378 e. The van der Waals surface area contributed by atoms with E-state index in [0.717, 1.165) is 53.0 Å². The van der Waals surface area contributed by atoms with Gasteiger partial charge in [-0.05, 0) is 36.3 Å². The van der Waals surface area contributed by atoms with Gasteiger partial charge in [0, 0.05) is 24.4 Å². The number of carbonyl (C=O) groups is 1. The van der Waals surface area contributed by atoms with Crippen LogP contribution in [0.25, 0.3) is 17.2 Å². The maximum Gasteiger partial charge on any atom is 0.191 e. The Morgan fingerprint density at radius 1 is 1.05 bits per heavy atom. The van der Waals surface area contributed by atoms with Gasteiger partial charge in [-0.25, -0.2) is 15.0 Å². The summed E-state index contributed by atoms with van der Waals surface area (Å²) >= 11 is 7.90. The van der Waals surface area contributed by atoms with Gasteiger partial charge >= 0.3 is 0 Å². The molecule has 1 aliphatic heterocycles. The average Bonchev–Trinajstić information content (AvgIpc) is 3.28. The van der Waals surface area contributed by atoms with Crippen molar-refractivity contribution in [3.8, 4) is 0 Å². The van der Waals surface area contributed by atoms with Crippen LogP contribution < -0.4 is 4.90 Å². The van der Waals surface area contributed by atoms with Crippen molar-refractivity contribution in [1.29, 1.82) is 0 Å². The number of thioether (sulfide) groups is 1. The van der Waals surface area contributed by atoms with Crippen molar-refractivity contribution < 1.29 is 9.53 Å². The molecule has 2 aromatic carbocycles. The summed E-state index contributed by atoms with van der Waals surface area (Å²) in [6, 6.07) is 17.2. The number of carbonyl (C=O) groups excluding carboxylic acids is 1. The van der Waals surface area contributed by atoms with E-state index in [0.29, 0.717) is 36.2 Å². The maximum atomic E-state index is 12.9. The molecular weight excluding hydrogens is 506 g/mol. The highest BCUT2D eigenvalue weighted by Gasteiger charge is 2.23. The molecule has 1 saturated heterocycles. The van der Waals surface area contributed by atoms with E-state index < -0.39 is 0 Å². The molecule has 3 heterocycles. The standard InChI is InChI=1S/C28H28ClN5O2S/c1-2-18-37-28-31-26(33-14-16-36-17-15-33)25-27(32-28)34(19-20-8-4-3-5-9-20)24(30-25)13-12-23(35)21-10-6-7-11-22(21)29/h3-13H,2,14-19H2,1H3/b13-12+. The van der Waals surface area contributed by atoms with Crippen LogP contribution in [-0.4, -0.2) is 57.4 Å². The summed E-state index contributed by atoms with van der Waals surface area (Å²) in [5.41, 5.74) is 3.05. The summed E-state index contributed by atoms with van der Waals surface area (Å²) in [5, 5.41) is 1.15. The van der Waals surface area contributed by atoms with Crippen LogP contribution >= 0.6 is 23.4 Å². The summed E-state index contributed by atoms with van der Waals surface area (Å²) in [6.07, 6.45) is 4.30. The summed E-state index contributed by atoms with van der Waals surface area (Å²) in [5.74, 6) is 2.20. The maximum absolute atomic E-state index is 12.9. The molecule has 0 bridgehead atoms. The van der Waals surface area contributed by atoms with Gasteiger partial charge in [0.05, 0.1) is 24.8 Å². The lowest BCUT2D eigenvalue weighted by Crippen LogP contribution is -2.37. The average molecular weight is 534 g/mol. The van der Waals surface area contributed by atoms with E-state index in [-0.39, 0.29) is 5.78 Å². The molecule has 190 valence electrons. The Kier molecular flexibility index (Phi) is 8.18. The Morgan fingerprint density at radius 3 is 2.57 bits per heavy atom. The van der Waals surface area contributed by atoms with Gasteiger partial charge < -0.3 is 14.2 Å². The first-order valence-electron chi connectivity index (χ1n) is 12.4. The van der Waals surface area contributed by atoms with Crippen molar-refractivity contribution in [3.05, 3.63) is 82.6 Å². The second-order valence-electron chi connectivity index (χ2n) is 8.67. The van der Waals surface area contributed by atoms with E-state index in [2.05, 4.69) is 28.5 Å². The smallest absolute Gasteiger partial charge is 0.191 e. The highest BCUT2D eigenvalue weighted by atomic mass is 35.5. The Bertz CT molecular complexity index is 1420. The number of aromatic nitrogens is 4. The van der Waals surface area contributed by atoms with Crippen molar-refractivity contribution in [2.75, 3.05) is 37.0 Å². The second kappa shape index (κ2) is 11.9. The number of anilines is 1. The van der Waals surface area contributed by atoms with Gasteiger partial charge in [-0.3, -0.25) is 4.79 Å². The minimum absolute atomic E-state index is 0.178. The van der Waals surface area contributed by atoms with Crippen molar-refractivity contribution in [2.24, 2.45) is 0 Å². The molecule has 1 aliphatic rings. The number of fused-ring (bicyclic) bond motifs is 1. The summed E-state index contributed by atoms with van der Waals surface area (Å²) in [7, 11) is 0. The van der Waals surface area contributed by atoms with Gasteiger partial charge in [-0.1, -0.05) is 72.8 Å². The molecule has 0 unspecified atom stereocenters. The van der Waals surface area contributed by atoms with Crippen LogP contribution in [0.3, 0.4) is 0 Å². The normalized spacial score (nSPS) is 14.1. The lowest BCUT2D eigenvalue weighted by molar-refractivity contribution is 0.104. The van der Waals surface area contributed by atoms with E-state index in [1.807, 2.05) is 24.3 Å². The first-order chi connectivity index (χ1) is 18.1. The fourth-order valence-corrected chi connectivity index (χ4v) is 5.10. The number of ether oxygens (including phenoxy) is 1. The quantitative estimate of drug-likeness (QED) is 0.117. The van der Waals surface area contributed by atoms with Gasteiger partial charge in [0.25, 0.3) is 0 Å². The first kappa shape index (κ1) is 25.4. The topological polar surface area (TPSA) is 73.1 Å². The summed E-state index contributed by atoms with van der Waals surface area (Å²) in [6.45, 7) is 5.48. The number of rotatable bonds is 9. The number of halogens is 1.